The molecule has 1 amide bonds. The summed E-state index contributed by atoms with van der Waals surface area (Å²) in [7, 11) is 0. The minimum Gasteiger partial charge on any atom is -0.494 e. The number of halogens is 1. The zero-order chi connectivity index (χ0) is 14.4. The van der Waals surface area contributed by atoms with Gasteiger partial charge in [-0.2, -0.15) is 0 Å². The van der Waals surface area contributed by atoms with Crippen LogP contribution in [-0.4, -0.2) is 12.5 Å². The van der Waals surface area contributed by atoms with Gasteiger partial charge in [0, 0.05) is 5.69 Å². The molecule has 20 heavy (non-hydrogen) atoms. The second kappa shape index (κ2) is 6.70. The van der Waals surface area contributed by atoms with E-state index in [1.54, 1.807) is 42.5 Å². The van der Waals surface area contributed by atoms with Crippen molar-refractivity contribution in [3.63, 3.8) is 0 Å². The summed E-state index contributed by atoms with van der Waals surface area (Å²) in [5.41, 5.74) is 1.05. The monoisotopic (exact) mass is 273 g/mol. The van der Waals surface area contributed by atoms with Gasteiger partial charge in [-0.15, -0.1) is 0 Å². The first-order valence-electron chi connectivity index (χ1n) is 6.45. The Bertz CT molecular complexity index is 581. The van der Waals surface area contributed by atoms with Crippen LogP contribution in [0, 0.1) is 5.82 Å². The first-order chi connectivity index (χ1) is 9.69. The van der Waals surface area contributed by atoms with Gasteiger partial charge in [-0.1, -0.05) is 18.2 Å². The summed E-state index contributed by atoms with van der Waals surface area (Å²) in [4.78, 5) is 11.8. The van der Waals surface area contributed by atoms with Crippen molar-refractivity contribution in [2.75, 3.05) is 11.9 Å². The van der Waals surface area contributed by atoms with Crippen LogP contribution in [-0.2, 0) is 11.2 Å². The fourth-order valence-electron chi connectivity index (χ4n) is 1.82. The van der Waals surface area contributed by atoms with E-state index in [0.29, 0.717) is 17.9 Å². The third kappa shape index (κ3) is 3.82. The van der Waals surface area contributed by atoms with E-state index >= 15 is 0 Å². The van der Waals surface area contributed by atoms with Crippen molar-refractivity contribution in [1.82, 2.24) is 0 Å². The minimum absolute atomic E-state index is 0.0138. The van der Waals surface area contributed by atoms with Crippen LogP contribution in [0.4, 0.5) is 10.1 Å². The molecule has 0 bridgehead atoms. The summed E-state index contributed by atoms with van der Waals surface area (Å²) in [6, 6.07) is 13.3. The number of carbonyl (C=O) groups excluding carboxylic acids is 1. The number of rotatable bonds is 5. The van der Waals surface area contributed by atoms with Gasteiger partial charge in [-0.3, -0.25) is 4.79 Å². The Hall–Kier alpha value is -2.36. The van der Waals surface area contributed by atoms with Gasteiger partial charge in [0.2, 0.25) is 5.91 Å². The Labute approximate surface area is 117 Å². The number of hydrogen-bond acceptors (Lipinski definition) is 2. The van der Waals surface area contributed by atoms with Crippen molar-refractivity contribution < 1.29 is 13.9 Å². The van der Waals surface area contributed by atoms with Gasteiger partial charge >= 0.3 is 0 Å². The Morgan fingerprint density at radius 3 is 2.50 bits per heavy atom. The Morgan fingerprint density at radius 1 is 1.15 bits per heavy atom. The van der Waals surface area contributed by atoms with Gasteiger partial charge < -0.3 is 10.1 Å². The van der Waals surface area contributed by atoms with E-state index in [2.05, 4.69) is 5.32 Å². The van der Waals surface area contributed by atoms with Crippen LogP contribution in [0.2, 0.25) is 0 Å². The van der Waals surface area contributed by atoms with E-state index in [0.717, 1.165) is 5.75 Å². The van der Waals surface area contributed by atoms with Crippen molar-refractivity contribution in [2.24, 2.45) is 0 Å². The lowest BCUT2D eigenvalue weighted by molar-refractivity contribution is -0.115. The lowest BCUT2D eigenvalue weighted by Crippen LogP contribution is -2.15. The maximum absolute atomic E-state index is 13.4. The summed E-state index contributed by atoms with van der Waals surface area (Å²) in [5.74, 6) is 0.133. The standard InChI is InChI=1S/C16H16FNO2/c1-2-20-14-9-7-13(8-10-14)18-16(19)11-12-5-3-4-6-15(12)17/h3-10H,2,11H2,1H3,(H,18,19). The SMILES string of the molecule is CCOc1ccc(NC(=O)Cc2ccccc2F)cc1. The summed E-state index contributed by atoms with van der Waals surface area (Å²) >= 11 is 0. The molecule has 3 nitrogen and oxygen atoms in total. The molecule has 2 aromatic rings. The molecule has 0 aliphatic rings. The van der Waals surface area contributed by atoms with Gasteiger partial charge in [0.25, 0.3) is 0 Å². The largest absolute Gasteiger partial charge is 0.494 e. The van der Waals surface area contributed by atoms with Gasteiger partial charge in [-0.25, -0.2) is 4.39 Å². The molecule has 0 radical (unpaired) electrons. The van der Waals surface area contributed by atoms with E-state index in [-0.39, 0.29) is 18.1 Å². The zero-order valence-corrected chi connectivity index (χ0v) is 11.2. The second-order valence-corrected chi connectivity index (χ2v) is 4.27. The maximum atomic E-state index is 13.4. The molecule has 0 saturated heterocycles. The predicted octanol–water partition coefficient (Wildman–Crippen LogP) is 3.41. The third-order valence-electron chi connectivity index (χ3n) is 2.76. The lowest BCUT2D eigenvalue weighted by Gasteiger charge is -2.07. The van der Waals surface area contributed by atoms with Crippen molar-refractivity contribution in [3.05, 3.63) is 59.9 Å². The maximum Gasteiger partial charge on any atom is 0.228 e. The van der Waals surface area contributed by atoms with Crippen LogP contribution < -0.4 is 10.1 Å². The van der Waals surface area contributed by atoms with E-state index in [1.165, 1.54) is 6.07 Å². The number of nitrogens with one attached hydrogen (secondary N) is 1. The zero-order valence-electron chi connectivity index (χ0n) is 11.2. The molecule has 0 aromatic heterocycles. The molecular weight excluding hydrogens is 257 g/mol. The van der Waals surface area contributed by atoms with Gasteiger partial charge in [-0.05, 0) is 42.8 Å². The number of carbonyl (C=O) groups is 1. The smallest absolute Gasteiger partial charge is 0.228 e. The fourth-order valence-corrected chi connectivity index (χ4v) is 1.82. The van der Waals surface area contributed by atoms with Gasteiger partial charge in [0.05, 0.1) is 13.0 Å². The van der Waals surface area contributed by atoms with Crippen molar-refractivity contribution in [1.29, 1.82) is 0 Å². The molecule has 0 aliphatic heterocycles. The fraction of sp³-hybridized carbons (Fsp3) is 0.188. The van der Waals surface area contributed by atoms with Crippen molar-refractivity contribution in [3.8, 4) is 5.75 Å². The molecule has 1 N–H and O–H groups in total. The molecule has 0 heterocycles. The first-order valence-corrected chi connectivity index (χ1v) is 6.45. The molecular formula is C16H16FNO2. The average molecular weight is 273 g/mol. The Balaban J connectivity index is 1.96. The first kappa shape index (κ1) is 14.1. The van der Waals surface area contributed by atoms with Crippen LogP contribution in [0.3, 0.4) is 0 Å². The highest BCUT2D eigenvalue weighted by Crippen LogP contribution is 2.16. The molecule has 0 aliphatic carbocycles. The van der Waals surface area contributed by atoms with Crippen LogP contribution in [0.5, 0.6) is 5.75 Å². The van der Waals surface area contributed by atoms with E-state index in [1.807, 2.05) is 6.92 Å². The van der Waals surface area contributed by atoms with E-state index < -0.39 is 0 Å². The molecule has 2 aromatic carbocycles. The molecule has 4 heteroatoms. The van der Waals surface area contributed by atoms with Crippen LogP contribution in [0.15, 0.2) is 48.5 Å². The van der Waals surface area contributed by atoms with Crippen molar-refractivity contribution in [2.45, 2.75) is 13.3 Å². The van der Waals surface area contributed by atoms with E-state index in [9.17, 15) is 9.18 Å². The molecule has 0 fully saturated rings. The number of hydrogen-bond donors (Lipinski definition) is 1. The van der Waals surface area contributed by atoms with Crippen LogP contribution in [0.1, 0.15) is 12.5 Å². The highest BCUT2D eigenvalue weighted by Gasteiger charge is 2.07. The Kier molecular flexibility index (Phi) is 4.71. The molecule has 0 unspecified atom stereocenters. The summed E-state index contributed by atoms with van der Waals surface area (Å²) < 4.78 is 18.7. The highest BCUT2D eigenvalue weighted by atomic mass is 19.1. The highest BCUT2D eigenvalue weighted by molar-refractivity contribution is 5.92. The number of benzene rings is 2. The predicted molar refractivity (Wildman–Crippen MR) is 76.3 cm³/mol. The number of anilines is 1. The van der Waals surface area contributed by atoms with Crippen LogP contribution in [0.25, 0.3) is 0 Å². The topological polar surface area (TPSA) is 38.3 Å². The lowest BCUT2D eigenvalue weighted by atomic mass is 10.1. The Morgan fingerprint density at radius 2 is 1.85 bits per heavy atom. The summed E-state index contributed by atoms with van der Waals surface area (Å²) in [5, 5.41) is 2.73. The van der Waals surface area contributed by atoms with Gasteiger partial charge in [0.15, 0.2) is 0 Å². The normalized spacial score (nSPS) is 10.1. The molecule has 0 saturated carbocycles. The van der Waals surface area contributed by atoms with Gasteiger partial charge in [0.1, 0.15) is 11.6 Å². The quantitative estimate of drug-likeness (QED) is 0.906. The average Bonchev–Trinajstić information content (AvgIpc) is 2.44. The summed E-state index contributed by atoms with van der Waals surface area (Å²) in [6.45, 7) is 2.50. The third-order valence-corrected chi connectivity index (χ3v) is 2.76. The second-order valence-electron chi connectivity index (χ2n) is 4.27. The summed E-state index contributed by atoms with van der Waals surface area (Å²) in [6.07, 6.45) is 0.0138. The molecule has 104 valence electrons. The molecule has 0 atom stereocenters. The minimum atomic E-state index is -0.366. The van der Waals surface area contributed by atoms with Crippen LogP contribution >= 0.6 is 0 Å². The molecule has 2 rings (SSSR count). The van der Waals surface area contributed by atoms with E-state index in [4.69, 9.17) is 4.74 Å². The number of ether oxygens (including phenoxy) is 1. The van der Waals surface area contributed by atoms with Crippen molar-refractivity contribution >= 4 is 11.6 Å². The molecule has 0 spiro atoms. The number of amides is 1.